The fourth-order valence-corrected chi connectivity index (χ4v) is 14.9. The van der Waals surface area contributed by atoms with Crippen LogP contribution in [-0.4, -0.2) is 89.4 Å². The number of hydrogen-bond acceptors (Lipinski definition) is 14. The lowest BCUT2D eigenvalue weighted by molar-refractivity contribution is -0.193. The number of anilines is 3. The monoisotopic (exact) mass is 1190 g/mol. The van der Waals surface area contributed by atoms with Gasteiger partial charge in [-0.2, -0.15) is 19.2 Å². The normalized spacial score (nSPS) is 17.0. The Balaban J connectivity index is 0.000000217. The number of carboxylic acids is 1. The molecular formula is C62H76N6O12S3. The summed E-state index contributed by atoms with van der Waals surface area (Å²) in [4.78, 5) is 44.3. The summed E-state index contributed by atoms with van der Waals surface area (Å²) < 4.78 is 83.1. The Bertz CT molecular complexity index is 3450. The van der Waals surface area contributed by atoms with Crippen molar-refractivity contribution in [3.05, 3.63) is 177 Å². The highest BCUT2D eigenvalue weighted by atomic mass is 32.2. The van der Waals surface area contributed by atoms with Crippen molar-refractivity contribution in [1.82, 2.24) is 16.0 Å². The molecule has 0 fully saturated rings. The lowest BCUT2D eigenvalue weighted by Crippen LogP contribution is -2.26. The molecule has 3 atom stereocenters. The molecule has 4 N–H and O–H groups in total. The maximum Gasteiger partial charge on any atom is 0.373 e. The molecule has 9 rings (SSSR count). The fraction of sp³-hybridized carbons (Fsp3) is 0.371. The molecule has 0 saturated heterocycles. The Morgan fingerprint density at radius 2 is 0.699 bits per heavy atom. The van der Waals surface area contributed by atoms with Gasteiger partial charge in [-0.3, -0.25) is 17.7 Å². The molecule has 0 aromatic heterocycles. The fourth-order valence-electron chi connectivity index (χ4n) is 10.2. The molecule has 0 bridgehead atoms. The maximum absolute atomic E-state index is 13.2. The Morgan fingerprint density at radius 1 is 0.434 bits per heavy atom. The van der Waals surface area contributed by atoms with Crippen molar-refractivity contribution in [2.75, 3.05) is 53.7 Å². The largest absolute Gasteiger partial charge is 0.481 e. The molecule has 3 unspecified atom stereocenters. The van der Waals surface area contributed by atoms with E-state index in [1.807, 2.05) is 130 Å². The van der Waals surface area contributed by atoms with Crippen LogP contribution in [0.5, 0.6) is 0 Å². The Labute approximate surface area is 489 Å². The number of aliphatic carboxylic acids is 1. The summed E-state index contributed by atoms with van der Waals surface area (Å²) in [5, 5.41) is 19.4. The Kier molecular flexibility index (Phi) is 24.7. The number of nitrogens with zero attached hydrogens (tertiary/aromatic N) is 3. The van der Waals surface area contributed by atoms with Crippen LogP contribution in [0.3, 0.4) is 0 Å². The summed E-state index contributed by atoms with van der Waals surface area (Å²) in [7, 11) is -5.94. The number of para-hydroxylation sites is 3. The number of hydrogen-bond donors (Lipinski definition) is 4. The Morgan fingerprint density at radius 3 is 0.964 bits per heavy atom. The topological polar surface area (TPSA) is 254 Å². The number of nitrogens with one attached hydrogen (secondary N) is 3. The van der Waals surface area contributed by atoms with E-state index < -0.39 is 36.0 Å². The third-order valence-corrected chi connectivity index (χ3v) is 20.0. The highest BCUT2D eigenvalue weighted by Crippen LogP contribution is 2.43. The van der Waals surface area contributed by atoms with E-state index in [0.717, 1.165) is 100 Å². The van der Waals surface area contributed by atoms with Crippen molar-refractivity contribution in [3.63, 3.8) is 0 Å². The first kappa shape index (κ1) is 66.5. The molecule has 0 aliphatic carbocycles. The number of carboxylic acid groups (broad SMARTS) is 1. The number of fused-ring (bicyclic) bond motifs is 6. The predicted octanol–water partition coefficient (Wildman–Crippen LogP) is 9.91. The van der Waals surface area contributed by atoms with Crippen LogP contribution in [0.1, 0.15) is 140 Å². The summed E-state index contributed by atoms with van der Waals surface area (Å²) >= 11 is 0. The second-order valence-electron chi connectivity index (χ2n) is 20.3. The standard InChI is InChI=1S/C20H24N2O4S.2C20H26N2O2S.2CO2/c1-14-10-11-16-18(13-14)27(25,26)22(2)17-8-4-3-7-15(17)20(16)21-12-6-5-9-19(23)24;2*1-4-5-8-13-21-20-16-9-6-7-10-18(16)22(3)25(23,24)19-14-15(2)11-12-17(19)20;2*2-1-3/h3-4,7-8,10-11,13,20-21H,5-6,9,12H2,1-2H3,(H,23,24);2*6-7,9-12,14,20-21H,4-5,8,13H2,1-3H3;;. The number of carbonyl (C=O) groups is 1. The molecule has 3 aliphatic rings. The van der Waals surface area contributed by atoms with Crippen LogP contribution in [0.25, 0.3) is 0 Å². The number of unbranched alkanes of at least 4 members (excludes halogenated alkanes) is 5. The number of aryl methyl sites for hydroxylation is 3. The van der Waals surface area contributed by atoms with E-state index in [2.05, 4.69) is 29.8 Å². The van der Waals surface area contributed by atoms with Gasteiger partial charge < -0.3 is 21.1 Å². The van der Waals surface area contributed by atoms with Gasteiger partial charge in [0.1, 0.15) is 0 Å². The van der Waals surface area contributed by atoms with Crippen molar-refractivity contribution in [2.24, 2.45) is 0 Å². The molecule has 0 amide bonds. The molecule has 3 aliphatic heterocycles. The third-order valence-electron chi connectivity index (χ3n) is 14.5. The summed E-state index contributed by atoms with van der Waals surface area (Å²) in [6, 6.07) is 39.4. The molecule has 0 spiro atoms. The van der Waals surface area contributed by atoms with Gasteiger partial charge in [0.25, 0.3) is 30.1 Å². The average molecular weight is 1190 g/mol. The van der Waals surface area contributed by atoms with Gasteiger partial charge in [0.15, 0.2) is 0 Å². The molecule has 0 radical (unpaired) electrons. The van der Waals surface area contributed by atoms with Gasteiger partial charge in [0.05, 0.1) is 49.9 Å². The number of sulfonamides is 3. The van der Waals surface area contributed by atoms with E-state index in [1.165, 1.54) is 25.8 Å². The van der Waals surface area contributed by atoms with Gasteiger partial charge in [-0.15, -0.1) is 0 Å². The smallest absolute Gasteiger partial charge is 0.373 e. The van der Waals surface area contributed by atoms with E-state index in [9.17, 15) is 30.0 Å². The van der Waals surface area contributed by atoms with Gasteiger partial charge in [-0.25, -0.2) is 25.3 Å². The van der Waals surface area contributed by atoms with E-state index in [1.54, 1.807) is 39.3 Å². The molecule has 444 valence electrons. The molecule has 83 heavy (non-hydrogen) atoms. The van der Waals surface area contributed by atoms with Crippen LogP contribution in [-0.2, 0) is 54.0 Å². The van der Waals surface area contributed by atoms with Crippen LogP contribution in [0.2, 0.25) is 0 Å². The van der Waals surface area contributed by atoms with Gasteiger partial charge >= 0.3 is 18.3 Å². The molecule has 18 nitrogen and oxygen atoms in total. The van der Waals surface area contributed by atoms with Crippen molar-refractivity contribution in [1.29, 1.82) is 0 Å². The molecule has 21 heteroatoms. The quantitative estimate of drug-likeness (QED) is 0.0658. The highest BCUT2D eigenvalue weighted by molar-refractivity contribution is 7.93. The van der Waals surface area contributed by atoms with Gasteiger partial charge in [0.2, 0.25) is 0 Å². The lowest BCUT2D eigenvalue weighted by Gasteiger charge is -2.22. The zero-order valence-electron chi connectivity index (χ0n) is 48.3. The first-order valence-corrected chi connectivity index (χ1v) is 31.9. The maximum atomic E-state index is 13.2. The first-order chi connectivity index (χ1) is 39.6. The molecule has 6 aromatic rings. The highest BCUT2D eigenvalue weighted by Gasteiger charge is 2.37. The van der Waals surface area contributed by atoms with E-state index in [-0.39, 0.29) is 36.8 Å². The van der Waals surface area contributed by atoms with E-state index >= 15 is 0 Å². The second kappa shape index (κ2) is 30.8. The SMILES string of the molecule is CCCCCNC1c2ccccc2N(C)S(=O)(=O)c2cc(C)ccc21.CCCCCNC1c2ccccc2N(C)S(=O)(=O)c2cc(C)ccc21.Cc1ccc2c(c1)S(=O)(=O)N(C)c1ccccc1C2NCCCCC(=O)O.O=C=O.O=C=O. The van der Waals surface area contributed by atoms with Crippen LogP contribution in [0.4, 0.5) is 17.1 Å². The zero-order valence-corrected chi connectivity index (χ0v) is 50.8. The van der Waals surface area contributed by atoms with Crippen molar-refractivity contribution in [3.8, 4) is 0 Å². The summed E-state index contributed by atoms with van der Waals surface area (Å²) in [6.07, 6.45) is 8.74. The van der Waals surface area contributed by atoms with E-state index in [4.69, 9.17) is 24.3 Å². The minimum atomic E-state index is -3.66. The van der Waals surface area contributed by atoms with Gasteiger partial charge in [-0.05, 0) is 153 Å². The van der Waals surface area contributed by atoms with Crippen molar-refractivity contribution in [2.45, 2.75) is 125 Å². The zero-order chi connectivity index (χ0) is 61.1. The minimum absolute atomic E-state index is 0.122. The number of rotatable bonds is 16. The van der Waals surface area contributed by atoms with Gasteiger partial charge in [0, 0.05) is 27.6 Å². The first-order valence-electron chi connectivity index (χ1n) is 27.5. The minimum Gasteiger partial charge on any atom is -0.481 e. The summed E-state index contributed by atoms with van der Waals surface area (Å²) in [5.41, 5.74) is 10.2. The predicted molar refractivity (Wildman–Crippen MR) is 320 cm³/mol. The third kappa shape index (κ3) is 16.1. The molecule has 3 heterocycles. The molecule has 0 saturated carbocycles. The van der Waals surface area contributed by atoms with E-state index in [0.29, 0.717) is 39.8 Å². The van der Waals surface area contributed by atoms with Crippen LogP contribution in [0.15, 0.2) is 142 Å². The number of carbonyl (C=O) groups excluding carboxylic acids is 4. The molecular weight excluding hydrogens is 1120 g/mol. The van der Waals surface area contributed by atoms with Gasteiger partial charge in [-0.1, -0.05) is 131 Å². The number of benzene rings is 6. The average Bonchev–Trinajstić information content (AvgIpc) is 3.89. The summed E-state index contributed by atoms with van der Waals surface area (Å²) in [6.45, 7) is 12.4. The lowest BCUT2D eigenvalue weighted by atomic mass is 9.96. The van der Waals surface area contributed by atoms with Crippen molar-refractivity contribution < 1.29 is 54.3 Å². The Hall–Kier alpha value is -7.32. The van der Waals surface area contributed by atoms with Crippen LogP contribution < -0.4 is 28.9 Å². The second-order valence-corrected chi connectivity index (χ2v) is 26.1. The van der Waals surface area contributed by atoms with Crippen molar-refractivity contribution >= 4 is 65.4 Å². The van der Waals surface area contributed by atoms with Crippen LogP contribution >= 0.6 is 0 Å². The summed E-state index contributed by atoms with van der Waals surface area (Å²) in [5.74, 6) is -0.802. The van der Waals surface area contributed by atoms with Crippen LogP contribution in [0, 0.1) is 20.8 Å². The molecule has 6 aromatic carbocycles.